The van der Waals surface area contributed by atoms with Crippen molar-refractivity contribution in [3.63, 3.8) is 0 Å². The van der Waals surface area contributed by atoms with E-state index in [1.54, 1.807) is 34.7 Å². The van der Waals surface area contributed by atoms with Crippen LogP contribution in [0.4, 0.5) is 10.8 Å². The molecule has 0 aliphatic carbocycles. The highest BCUT2D eigenvalue weighted by atomic mass is 35.5. The number of amides is 2. The Bertz CT molecular complexity index is 675. The molecule has 5 nitrogen and oxygen atoms in total. The molecule has 1 aliphatic heterocycles. The average molecular weight is 322 g/mol. The van der Waals surface area contributed by atoms with Crippen LogP contribution < -0.4 is 10.2 Å². The molecule has 1 saturated heterocycles. The summed E-state index contributed by atoms with van der Waals surface area (Å²) in [5.74, 6) is -0.625. The molecular formula is C14H12ClN3O2S. The minimum Gasteiger partial charge on any atom is -0.312 e. The fourth-order valence-electron chi connectivity index (χ4n) is 2.27. The van der Waals surface area contributed by atoms with E-state index in [0.29, 0.717) is 16.7 Å². The molecule has 1 atom stereocenters. The second kappa shape index (κ2) is 5.83. The zero-order chi connectivity index (χ0) is 14.8. The van der Waals surface area contributed by atoms with E-state index in [1.165, 1.54) is 11.3 Å². The first-order valence-corrected chi connectivity index (χ1v) is 7.65. The summed E-state index contributed by atoms with van der Waals surface area (Å²) < 4.78 is 0. The second-order valence-electron chi connectivity index (χ2n) is 4.71. The van der Waals surface area contributed by atoms with E-state index in [-0.39, 0.29) is 24.2 Å². The second-order valence-corrected chi connectivity index (χ2v) is 6.04. The summed E-state index contributed by atoms with van der Waals surface area (Å²) in [4.78, 5) is 29.8. The highest BCUT2D eigenvalue weighted by molar-refractivity contribution is 7.13. The summed E-state index contributed by atoms with van der Waals surface area (Å²) in [6.45, 7) is 0.358. The van der Waals surface area contributed by atoms with E-state index in [0.717, 1.165) is 5.69 Å². The number of rotatable bonds is 3. The van der Waals surface area contributed by atoms with Gasteiger partial charge in [-0.1, -0.05) is 17.7 Å². The summed E-state index contributed by atoms with van der Waals surface area (Å²) in [5, 5.41) is 5.63. The van der Waals surface area contributed by atoms with Gasteiger partial charge in [-0.05, 0) is 18.2 Å². The maximum Gasteiger partial charge on any atom is 0.231 e. The lowest BCUT2D eigenvalue weighted by molar-refractivity contribution is -0.122. The van der Waals surface area contributed by atoms with E-state index in [1.807, 2.05) is 6.07 Å². The molecule has 21 heavy (non-hydrogen) atoms. The molecule has 1 fully saturated rings. The van der Waals surface area contributed by atoms with Crippen LogP contribution in [-0.4, -0.2) is 23.3 Å². The first kappa shape index (κ1) is 14.0. The molecule has 0 spiro atoms. The quantitative estimate of drug-likeness (QED) is 0.945. The number of halogens is 1. The van der Waals surface area contributed by atoms with Crippen LogP contribution in [-0.2, 0) is 9.59 Å². The zero-order valence-electron chi connectivity index (χ0n) is 11.0. The Hall–Kier alpha value is -1.92. The Balaban J connectivity index is 1.71. The van der Waals surface area contributed by atoms with Gasteiger partial charge in [0.1, 0.15) is 0 Å². The van der Waals surface area contributed by atoms with Gasteiger partial charge >= 0.3 is 0 Å². The largest absolute Gasteiger partial charge is 0.312 e. The molecule has 0 bridgehead atoms. The van der Waals surface area contributed by atoms with Crippen LogP contribution in [0.3, 0.4) is 0 Å². The van der Waals surface area contributed by atoms with Crippen molar-refractivity contribution in [2.24, 2.45) is 5.92 Å². The van der Waals surface area contributed by atoms with Crippen molar-refractivity contribution >= 4 is 45.6 Å². The van der Waals surface area contributed by atoms with Crippen molar-refractivity contribution in [1.29, 1.82) is 0 Å². The Kier molecular flexibility index (Phi) is 3.90. The lowest BCUT2D eigenvalue weighted by Gasteiger charge is -2.16. The minimum absolute atomic E-state index is 0.0726. The van der Waals surface area contributed by atoms with Crippen molar-refractivity contribution in [2.75, 3.05) is 16.8 Å². The predicted molar refractivity (Wildman–Crippen MR) is 82.7 cm³/mol. The fourth-order valence-corrected chi connectivity index (χ4v) is 2.99. The van der Waals surface area contributed by atoms with Crippen molar-refractivity contribution in [2.45, 2.75) is 6.42 Å². The van der Waals surface area contributed by atoms with Gasteiger partial charge in [0.25, 0.3) is 0 Å². The average Bonchev–Trinajstić information content (AvgIpc) is 3.08. The third-order valence-electron chi connectivity index (χ3n) is 3.28. The fraction of sp³-hybridized carbons (Fsp3) is 0.214. The van der Waals surface area contributed by atoms with Crippen LogP contribution in [0.25, 0.3) is 0 Å². The SMILES string of the molecule is O=C(Nc1nccs1)[C@@H]1CC(=O)N(c2cccc(Cl)c2)C1. The van der Waals surface area contributed by atoms with E-state index >= 15 is 0 Å². The molecule has 1 N–H and O–H groups in total. The van der Waals surface area contributed by atoms with Gasteiger partial charge in [-0.3, -0.25) is 9.59 Å². The van der Waals surface area contributed by atoms with E-state index < -0.39 is 0 Å². The van der Waals surface area contributed by atoms with Crippen LogP contribution in [0, 0.1) is 5.92 Å². The van der Waals surface area contributed by atoms with E-state index in [4.69, 9.17) is 11.6 Å². The highest BCUT2D eigenvalue weighted by Crippen LogP contribution is 2.28. The van der Waals surface area contributed by atoms with Gasteiger partial charge in [0, 0.05) is 35.3 Å². The van der Waals surface area contributed by atoms with Crippen LogP contribution >= 0.6 is 22.9 Å². The number of carbonyl (C=O) groups excluding carboxylic acids is 2. The van der Waals surface area contributed by atoms with Gasteiger partial charge in [0.2, 0.25) is 11.8 Å². The number of thiazole rings is 1. The number of benzene rings is 1. The maximum absolute atomic E-state index is 12.2. The summed E-state index contributed by atoms with van der Waals surface area (Å²) in [7, 11) is 0. The molecule has 0 unspecified atom stereocenters. The number of nitrogens with one attached hydrogen (secondary N) is 1. The van der Waals surface area contributed by atoms with Gasteiger partial charge in [-0.15, -0.1) is 11.3 Å². The zero-order valence-corrected chi connectivity index (χ0v) is 12.5. The summed E-state index contributed by atoms with van der Waals surface area (Å²) in [6.07, 6.45) is 1.82. The van der Waals surface area contributed by atoms with Crippen LogP contribution in [0.1, 0.15) is 6.42 Å². The molecule has 3 rings (SSSR count). The number of hydrogen-bond acceptors (Lipinski definition) is 4. The monoisotopic (exact) mass is 321 g/mol. The molecule has 0 radical (unpaired) electrons. The molecule has 2 amide bonds. The molecule has 2 heterocycles. The van der Waals surface area contributed by atoms with Crippen LogP contribution in [0.2, 0.25) is 5.02 Å². The van der Waals surface area contributed by atoms with E-state index in [2.05, 4.69) is 10.3 Å². The Morgan fingerprint density at radius 3 is 3.05 bits per heavy atom. The Morgan fingerprint density at radius 2 is 2.33 bits per heavy atom. The topological polar surface area (TPSA) is 62.3 Å². The molecule has 2 aromatic rings. The third-order valence-corrected chi connectivity index (χ3v) is 4.20. The standard InChI is InChI=1S/C14H12ClN3O2S/c15-10-2-1-3-11(7-10)18-8-9(6-12(18)19)13(20)17-14-16-4-5-21-14/h1-5,7,9H,6,8H2,(H,16,17,20)/t9-/m1/s1. The number of hydrogen-bond donors (Lipinski definition) is 1. The van der Waals surface area contributed by atoms with Gasteiger partial charge in [-0.25, -0.2) is 4.98 Å². The van der Waals surface area contributed by atoms with Crippen molar-refractivity contribution in [3.8, 4) is 0 Å². The van der Waals surface area contributed by atoms with Gasteiger partial charge < -0.3 is 10.2 Å². The molecule has 1 aromatic carbocycles. The van der Waals surface area contributed by atoms with Gasteiger partial charge in [-0.2, -0.15) is 0 Å². The Labute approximate surface area is 130 Å². The van der Waals surface area contributed by atoms with Crippen molar-refractivity contribution < 1.29 is 9.59 Å². The molecule has 0 saturated carbocycles. The first-order chi connectivity index (χ1) is 10.1. The first-order valence-electron chi connectivity index (χ1n) is 6.40. The van der Waals surface area contributed by atoms with Crippen molar-refractivity contribution in [3.05, 3.63) is 40.9 Å². The summed E-state index contributed by atoms with van der Waals surface area (Å²) in [6, 6.07) is 7.07. The van der Waals surface area contributed by atoms with Crippen LogP contribution in [0.15, 0.2) is 35.8 Å². The van der Waals surface area contributed by atoms with Crippen LogP contribution in [0.5, 0.6) is 0 Å². The number of aromatic nitrogens is 1. The normalized spacial score (nSPS) is 18.0. The highest BCUT2D eigenvalue weighted by Gasteiger charge is 2.35. The smallest absolute Gasteiger partial charge is 0.231 e. The minimum atomic E-state index is -0.375. The lowest BCUT2D eigenvalue weighted by atomic mass is 10.1. The molecule has 1 aromatic heterocycles. The maximum atomic E-state index is 12.2. The summed E-state index contributed by atoms with van der Waals surface area (Å²) in [5.41, 5.74) is 0.719. The predicted octanol–water partition coefficient (Wildman–Crippen LogP) is 2.79. The third kappa shape index (κ3) is 3.06. The summed E-state index contributed by atoms with van der Waals surface area (Å²) >= 11 is 7.29. The Morgan fingerprint density at radius 1 is 1.48 bits per heavy atom. The number of anilines is 2. The lowest BCUT2D eigenvalue weighted by Crippen LogP contribution is -2.28. The molecular weight excluding hydrogens is 310 g/mol. The molecule has 7 heteroatoms. The van der Waals surface area contributed by atoms with Gasteiger partial charge in [0.05, 0.1) is 5.92 Å². The van der Waals surface area contributed by atoms with Gasteiger partial charge in [0.15, 0.2) is 5.13 Å². The van der Waals surface area contributed by atoms with E-state index in [9.17, 15) is 9.59 Å². The molecule has 1 aliphatic rings. The molecule has 108 valence electrons. The van der Waals surface area contributed by atoms with Crippen molar-refractivity contribution in [1.82, 2.24) is 4.98 Å². The number of nitrogens with zero attached hydrogens (tertiary/aromatic N) is 2. The number of carbonyl (C=O) groups is 2.